The average molecular weight is 418 g/mol. The maximum Gasteiger partial charge on any atom is 0.230 e. The summed E-state index contributed by atoms with van der Waals surface area (Å²) in [5, 5.41) is 11.8. The highest BCUT2D eigenvalue weighted by atomic mass is 32.2. The molecule has 1 aromatic carbocycles. The van der Waals surface area contributed by atoms with Gasteiger partial charge in [-0.15, -0.1) is 10.2 Å². The van der Waals surface area contributed by atoms with E-state index in [4.69, 9.17) is 5.84 Å². The maximum absolute atomic E-state index is 12.2. The van der Waals surface area contributed by atoms with Crippen LogP contribution in [0.1, 0.15) is 69.6 Å². The van der Waals surface area contributed by atoms with E-state index in [2.05, 4.69) is 62.3 Å². The third-order valence-corrected chi connectivity index (χ3v) is 5.87. The molecule has 1 aromatic heterocycles. The van der Waals surface area contributed by atoms with Crippen LogP contribution in [0.3, 0.4) is 0 Å². The molecule has 2 aromatic rings. The van der Waals surface area contributed by atoms with E-state index in [1.165, 1.54) is 38.7 Å². The second kappa shape index (κ2) is 8.78. The van der Waals surface area contributed by atoms with Gasteiger partial charge in [0.1, 0.15) is 0 Å². The van der Waals surface area contributed by atoms with E-state index in [9.17, 15) is 4.79 Å². The minimum atomic E-state index is -0.193. The van der Waals surface area contributed by atoms with Crippen molar-refractivity contribution in [2.75, 3.05) is 18.1 Å². The molecular formula is C22H35N5OS. The summed E-state index contributed by atoms with van der Waals surface area (Å²) in [5.74, 6) is 7.00. The fraction of sp³-hybridized carbons (Fsp3) is 0.591. The highest BCUT2D eigenvalue weighted by Crippen LogP contribution is 2.27. The molecule has 0 saturated heterocycles. The van der Waals surface area contributed by atoms with Crippen LogP contribution in [0.25, 0.3) is 0 Å². The number of hydrogen-bond acceptors (Lipinski definition) is 5. The molecule has 0 aliphatic rings. The standard InChI is InChI=1S/C22H35N5OS/c1-14-11-16(21(3,4)5)12-15(2)17(14)9-10-24-18(28)13-29-20-26-25-19(27(20)23)22(6,7)8/h11-12H,9-10,13,23H2,1-8H3,(H,24,28). The first kappa shape index (κ1) is 23.3. The number of aryl methyl sites for hydroxylation is 2. The molecule has 7 heteroatoms. The predicted molar refractivity (Wildman–Crippen MR) is 121 cm³/mol. The first-order valence-corrected chi connectivity index (χ1v) is 11.0. The second-order valence-electron chi connectivity index (χ2n) is 9.65. The average Bonchev–Trinajstić information content (AvgIpc) is 2.95. The van der Waals surface area contributed by atoms with Crippen LogP contribution in [0.5, 0.6) is 0 Å². The van der Waals surface area contributed by atoms with Crippen molar-refractivity contribution in [3.8, 4) is 0 Å². The first-order valence-electron chi connectivity index (χ1n) is 10.0. The molecule has 3 N–H and O–H groups in total. The Hall–Kier alpha value is -2.02. The molecule has 0 aliphatic carbocycles. The molecule has 29 heavy (non-hydrogen) atoms. The number of aromatic nitrogens is 3. The predicted octanol–water partition coefficient (Wildman–Crippen LogP) is 3.65. The number of benzene rings is 1. The summed E-state index contributed by atoms with van der Waals surface area (Å²) in [4.78, 5) is 12.2. The molecule has 2 rings (SSSR count). The van der Waals surface area contributed by atoms with Crippen LogP contribution in [0, 0.1) is 13.8 Å². The van der Waals surface area contributed by atoms with Crippen molar-refractivity contribution in [3.05, 3.63) is 40.2 Å². The van der Waals surface area contributed by atoms with E-state index in [-0.39, 0.29) is 22.5 Å². The van der Waals surface area contributed by atoms with Crippen molar-refractivity contribution in [1.82, 2.24) is 20.2 Å². The maximum atomic E-state index is 12.2. The highest BCUT2D eigenvalue weighted by molar-refractivity contribution is 7.99. The third-order valence-electron chi connectivity index (χ3n) is 4.93. The smallest absolute Gasteiger partial charge is 0.230 e. The van der Waals surface area contributed by atoms with Crippen LogP contribution >= 0.6 is 11.8 Å². The summed E-state index contributed by atoms with van der Waals surface area (Å²) < 4.78 is 1.47. The van der Waals surface area contributed by atoms with Crippen molar-refractivity contribution in [3.63, 3.8) is 0 Å². The number of carbonyl (C=O) groups excluding carboxylic acids is 1. The van der Waals surface area contributed by atoms with E-state index in [0.29, 0.717) is 17.5 Å². The molecule has 1 amide bonds. The number of amides is 1. The Morgan fingerprint density at radius 2 is 1.66 bits per heavy atom. The topological polar surface area (TPSA) is 85.8 Å². The summed E-state index contributed by atoms with van der Waals surface area (Å²) in [6, 6.07) is 4.53. The lowest BCUT2D eigenvalue weighted by Crippen LogP contribution is -2.28. The molecule has 0 atom stereocenters. The van der Waals surface area contributed by atoms with Crippen molar-refractivity contribution in [1.29, 1.82) is 0 Å². The number of nitrogens with zero attached hydrogens (tertiary/aromatic N) is 3. The van der Waals surface area contributed by atoms with Gasteiger partial charge in [0.15, 0.2) is 5.82 Å². The Morgan fingerprint density at radius 3 is 2.14 bits per heavy atom. The van der Waals surface area contributed by atoms with Gasteiger partial charge in [0.25, 0.3) is 0 Å². The van der Waals surface area contributed by atoms with Gasteiger partial charge in [-0.2, -0.15) is 0 Å². The second-order valence-corrected chi connectivity index (χ2v) is 10.6. The minimum absolute atomic E-state index is 0.0306. The van der Waals surface area contributed by atoms with Crippen LogP contribution in [-0.4, -0.2) is 33.1 Å². The molecule has 6 nitrogen and oxygen atoms in total. The molecular weight excluding hydrogens is 382 g/mol. The Kier molecular flexibility index (Phi) is 7.04. The van der Waals surface area contributed by atoms with E-state index < -0.39 is 0 Å². The Labute approximate surface area is 179 Å². The highest BCUT2D eigenvalue weighted by Gasteiger charge is 2.23. The third kappa shape index (κ3) is 5.98. The van der Waals surface area contributed by atoms with Gasteiger partial charge in [0, 0.05) is 12.0 Å². The zero-order valence-corrected chi connectivity index (χ0v) is 19.8. The molecule has 0 saturated carbocycles. The Balaban J connectivity index is 1.89. The number of carbonyl (C=O) groups is 1. The normalized spacial score (nSPS) is 12.3. The van der Waals surface area contributed by atoms with Crippen LogP contribution in [0.4, 0.5) is 0 Å². The summed E-state index contributed by atoms with van der Waals surface area (Å²) in [6.45, 7) is 17.7. The van der Waals surface area contributed by atoms with Gasteiger partial charge >= 0.3 is 0 Å². The van der Waals surface area contributed by atoms with Gasteiger partial charge in [0.2, 0.25) is 11.1 Å². The summed E-state index contributed by atoms with van der Waals surface area (Å²) in [7, 11) is 0. The van der Waals surface area contributed by atoms with Crippen LogP contribution in [-0.2, 0) is 22.0 Å². The van der Waals surface area contributed by atoms with Crippen molar-refractivity contribution < 1.29 is 4.79 Å². The van der Waals surface area contributed by atoms with Gasteiger partial charge in [-0.05, 0) is 47.9 Å². The van der Waals surface area contributed by atoms with Crippen molar-refractivity contribution in [2.24, 2.45) is 0 Å². The first-order chi connectivity index (χ1) is 13.3. The van der Waals surface area contributed by atoms with Gasteiger partial charge in [0.05, 0.1) is 5.75 Å². The number of nitrogens with two attached hydrogens (primary N) is 1. The monoisotopic (exact) mass is 417 g/mol. The molecule has 0 radical (unpaired) electrons. The van der Waals surface area contributed by atoms with E-state index in [0.717, 1.165) is 6.42 Å². The summed E-state index contributed by atoms with van der Waals surface area (Å²) >= 11 is 1.30. The van der Waals surface area contributed by atoms with Crippen LogP contribution < -0.4 is 11.2 Å². The molecule has 0 fully saturated rings. The van der Waals surface area contributed by atoms with Gasteiger partial charge in [-0.1, -0.05) is 65.4 Å². The molecule has 0 spiro atoms. The zero-order valence-electron chi connectivity index (χ0n) is 19.0. The lowest BCUT2D eigenvalue weighted by molar-refractivity contribution is -0.118. The number of nitrogen functional groups attached to an aromatic ring is 1. The number of nitrogens with one attached hydrogen (secondary N) is 1. The molecule has 0 bridgehead atoms. The van der Waals surface area contributed by atoms with Gasteiger partial charge < -0.3 is 11.2 Å². The SMILES string of the molecule is Cc1cc(C(C)(C)C)cc(C)c1CCNC(=O)CSc1nnc(C(C)(C)C)n1N. The number of thioether (sulfide) groups is 1. The molecule has 0 aliphatic heterocycles. The molecule has 0 unspecified atom stereocenters. The molecule has 1 heterocycles. The number of hydrogen-bond donors (Lipinski definition) is 2. The lowest BCUT2D eigenvalue weighted by atomic mass is 9.83. The Bertz CT molecular complexity index is 851. The Morgan fingerprint density at radius 1 is 1.07 bits per heavy atom. The van der Waals surface area contributed by atoms with E-state index in [1.54, 1.807) is 0 Å². The largest absolute Gasteiger partial charge is 0.355 e. The minimum Gasteiger partial charge on any atom is -0.355 e. The summed E-state index contributed by atoms with van der Waals surface area (Å²) in [5.41, 5.74) is 5.16. The number of rotatable bonds is 6. The quantitative estimate of drug-likeness (QED) is 0.553. The van der Waals surface area contributed by atoms with E-state index in [1.807, 2.05) is 20.8 Å². The summed E-state index contributed by atoms with van der Waals surface area (Å²) in [6.07, 6.45) is 0.819. The fourth-order valence-electron chi connectivity index (χ4n) is 3.22. The van der Waals surface area contributed by atoms with Crippen molar-refractivity contribution in [2.45, 2.75) is 77.8 Å². The van der Waals surface area contributed by atoms with Gasteiger partial charge in [-0.25, -0.2) is 4.68 Å². The van der Waals surface area contributed by atoms with Crippen LogP contribution in [0.15, 0.2) is 17.3 Å². The van der Waals surface area contributed by atoms with Crippen molar-refractivity contribution >= 4 is 17.7 Å². The van der Waals surface area contributed by atoms with Gasteiger partial charge in [-0.3, -0.25) is 4.79 Å². The van der Waals surface area contributed by atoms with Crippen LogP contribution in [0.2, 0.25) is 0 Å². The lowest BCUT2D eigenvalue weighted by Gasteiger charge is -2.22. The zero-order chi connectivity index (χ0) is 22.0. The fourth-order valence-corrected chi connectivity index (χ4v) is 3.90. The van der Waals surface area contributed by atoms with E-state index >= 15 is 0 Å². The molecule has 160 valence electrons.